The van der Waals surface area contributed by atoms with Gasteiger partial charge in [-0.2, -0.15) is 0 Å². The average molecular weight is 442 g/mol. The van der Waals surface area contributed by atoms with E-state index in [2.05, 4.69) is 10.3 Å². The number of hydrogen-bond donors (Lipinski definition) is 1. The van der Waals surface area contributed by atoms with Gasteiger partial charge in [0.1, 0.15) is 0 Å². The van der Waals surface area contributed by atoms with E-state index in [0.717, 1.165) is 10.1 Å². The summed E-state index contributed by atoms with van der Waals surface area (Å²) in [5.41, 5.74) is 1.01. The molecule has 0 saturated carbocycles. The third kappa shape index (κ3) is 4.39. The van der Waals surface area contributed by atoms with Crippen LogP contribution in [0, 0.1) is 0 Å². The summed E-state index contributed by atoms with van der Waals surface area (Å²) in [7, 11) is 0. The molecule has 31 heavy (non-hydrogen) atoms. The molecular weight excluding hydrogens is 421 g/mol. The minimum atomic E-state index is -0.711. The van der Waals surface area contributed by atoms with Crippen molar-refractivity contribution in [2.45, 2.75) is 19.8 Å². The van der Waals surface area contributed by atoms with E-state index in [9.17, 15) is 14.4 Å². The van der Waals surface area contributed by atoms with E-state index in [1.54, 1.807) is 44.2 Å². The van der Waals surface area contributed by atoms with Gasteiger partial charge in [-0.25, -0.2) is 4.79 Å². The zero-order chi connectivity index (χ0) is 21.3. The summed E-state index contributed by atoms with van der Waals surface area (Å²) in [6, 6.07) is 17.8. The Morgan fingerprint density at radius 2 is 1.68 bits per heavy atom. The van der Waals surface area contributed by atoms with Gasteiger partial charge in [0.05, 0.1) is 12.2 Å². The number of nitrogens with one attached hydrogen (secondary N) is 1. The van der Waals surface area contributed by atoms with Gasteiger partial charge in [0.15, 0.2) is 0 Å². The van der Waals surface area contributed by atoms with Crippen LogP contribution < -0.4 is 72.9 Å². The van der Waals surface area contributed by atoms with Crippen molar-refractivity contribution in [3.63, 3.8) is 0 Å². The van der Waals surface area contributed by atoms with Crippen molar-refractivity contribution in [1.82, 2.24) is 9.55 Å². The van der Waals surface area contributed by atoms with Crippen molar-refractivity contribution >= 4 is 11.8 Å². The normalized spacial score (nSPS) is 14.8. The fraction of sp³-hybridized carbons (Fsp3) is 0.174. The van der Waals surface area contributed by atoms with E-state index in [1.807, 2.05) is 30.3 Å². The van der Waals surface area contributed by atoms with Gasteiger partial charge >= 0.3 is 57.4 Å². The second kappa shape index (κ2) is 9.93. The quantitative estimate of drug-likeness (QED) is 0.436. The molecule has 8 heteroatoms. The molecule has 0 fully saturated rings. The number of anilines is 1. The van der Waals surface area contributed by atoms with Crippen LogP contribution in [0.2, 0.25) is 0 Å². The van der Waals surface area contributed by atoms with Crippen molar-refractivity contribution in [2.24, 2.45) is 0 Å². The first kappa shape index (κ1) is 23.4. The Morgan fingerprint density at radius 1 is 1.06 bits per heavy atom. The number of esters is 1. The van der Waals surface area contributed by atoms with Gasteiger partial charge in [-0.1, -0.05) is 60.7 Å². The van der Waals surface area contributed by atoms with Crippen molar-refractivity contribution in [3.8, 4) is 5.69 Å². The maximum Gasteiger partial charge on any atom is 1.00 e. The largest absolute Gasteiger partial charge is 1.00 e. The number of ether oxygens (including phenoxy) is 1. The van der Waals surface area contributed by atoms with E-state index >= 15 is 0 Å². The van der Waals surface area contributed by atoms with Gasteiger partial charge in [-0.15, -0.1) is 0 Å². The second-order valence-electron chi connectivity index (χ2n) is 6.86. The molecule has 1 atom stereocenters. The van der Waals surface area contributed by atoms with Crippen LogP contribution >= 0.6 is 0 Å². The summed E-state index contributed by atoms with van der Waals surface area (Å²) in [5, 5.41) is 2.96. The van der Waals surface area contributed by atoms with Crippen LogP contribution in [0.4, 0.5) is 5.82 Å². The summed E-state index contributed by atoms with van der Waals surface area (Å²) < 4.78 is 6.30. The Kier molecular flexibility index (Phi) is 7.50. The molecule has 1 unspecified atom stereocenters. The van der Waals surface area contributed by atoms with Crippen molar-refractivity contribution in [1.29, 1.82) is 0 Å². The van der Waals surface area contributed by atoms with Gasteiger partial charge in [-0.3, -0.25) is 9.59 Å². The number of allylic oxidation sites excluding steroid dienone is 1. The predicted molar refractivity (Wildman–Crippen MR) is 113 cm³/mol. The monoisotopic (exact) mass is 441 g/mol. The molecule has 0 bridgehead atoms. The van der Waals surface area contributed by atoms with E-state index in [1.165, 1.54) is 0 Å². The van der Waals surface area contributed by atoms with Crippen molar-refractivity contribution < 1.29 is 60.9 Å². The number of carbonyl (C=O) groups is 1. The molecule has 0 radical (unpaired) electrons. The minimum Gasteiger partial charge on any atom is -0.463 e. The first-order valence-corrected chi connectivity index (χ1v) is 9.62. The van der Waals surface area contributed by atoms with Crippen molar-refractivity contribution in [3.05, 3.63) is 104 Å². The molecule has 0 saturated heterocycles. The average Bonchev–Trinajstić information content (AvgIpc) is 2.74. The summed E-state index contributed by atoms with van der Waals surface area (Å²) in [5.74, 6) is -1.06. The number of hydrogen-bond acceptors (Lipinski definition) is 5. The van der Waals surface area contributed by atoms with Gasteiger partial charge < -0.3 is 19.6 Å². The van der Waals surface area contributed by atoms with Crippen molar-refractivity contribution in [2.75, 3.05) is 11.9 Å². The molecule has 4 rings (SSSR count). The Morgan fingerprint density at radius 3 is 2.29 bits per heavy atom. The van der Waals surface area contributed by atoms with E-state index in [0.29, 0.717) is 17.0 Å². The van der Waals surface area contributed by atoms with Gasteiger partial charge in [-0.05, 0) is 30.8 Å². The molecule has 1 aliphatic heterocycles. The van der Waals surface area contributed by atoms with E-state index in [4.69, 9.17) is 4.74 Å². The molecule has 0 aliphatic carbocycles. The van der Waals surface area contributed by atoms with Gasteiger partial charge in [0.25, 0.3) is 0 Å². The van der Waals surface area contributed by atoms with E-state index in [-0.39, 0.29) is 69.4 Å². The minimum absolute atomic E-state index is 0. The Hall–Kier alpha value is -2.23. The molecule has 2 heterocycles. The van der Waals surface area contributed by atoms with Gasteiger partial charge in [0.2, 0.25) is 11.2 Å². The maximum atomic E-state index is 13.6. The topological polar surface area (TPSA) is 91.5 Å². The number of benzene rings is 2. The standard InChI is InChI=1S/C23H21N3O4.K/c1-3-30-22(28)17-14(2)24-20-19(18(17)15-10-6-4-7-11-15)21(27)26(23(29)25-20)16-12-8-5-9-13-16;/h4-13,18H,3H2,1-2H3,(H2,24,25,27,28,29);/q;+1/p-1. The van der Waals surface area contributed by atoms with Crippen LogP contribution in [0.5, 0.6) is 0 Å². The number of fused-ring (bicyclic) bond motifs is 1. The Bertz CT molecular complexity index is 1250. The third-order valence-electron chi connectivity index (χ3n) is 5.02. The number of carbonyl (C=O) groups excluding carboxylic acids is 1. The van der Waals surface area contributed by atoms with Gasteiger partial charge in [0, 0.05) is 17.3 Å². The maximum absolute atomic E-state index is 13.6. The summed E-state index contributed by atoms with van der Waals surface area (Å²) in [6.07, 6.45) is 0. The van der Waals surface area contributed by atoms with Crippen LogP contribution in [0.25, 0.3) is 5.69 Å². The van der Waals surface area contributed by atoms with E-state index < -0.39 is 23.1 Å². The summed E-state index contributed by atoms with van der Waals surface area (Å²) in [6.45, 7) is 3.64. The molecule has 0 spiro atoms. The third-order valence-corrected chi connectivity index (χ3v) is 5.02. The smallest absolute Gasteiger partial charge is 0.463 e. The number of para-hydroxylation sites is 1. The summed E-state index contributed by atoms with van der Waals surface area (Å²) in [4.78, 5) is 43.2. The van der Waals surface area contributed by atoms with Crippen LogP contribution in [0.1, 0.15) is 30.9 Å². The zero-order valence-corrected chi connectivity index (χ0v) is 20.7. The molecule has 7 nitrogen and oxygen atoms in total. The first-order chi connectivity index (χ1) is 14.5. The molecule has 1 aliphatic rings. The van der Waals surface area contributed by atoms with Crippen LogP contribution in [0.3, 0.4) is 0 Å². The number of aromatic nitrogens is 2. The first-order valence-electron chi connectivity index (χ1n) is 9.62. The predicted octanol–water partition coefficient (Wildman–Crippen LogP) is -0.447. The molecule has 1 aromatic heterocycles. The second-order valence-corrected chi connectivity index (χ2v) is 6.86. The number of nitrogens with zero attached hydrogens (tertiary/aromatic N) is 2. The number of rotatable bonds is 4. The Labute approximate surface area is 221 Å². The molecule has 2 aromatic carbocycles. The van der Waals surface area contributed by atoms with Crippen LogP contribution in [-0.2, 0) is 9.53 Å². The summed E-state index contributed by atoms with van der Waals surface area (Å²) >= 11 is 0. The molecular formula is C23H20KN3O4. The molecule has 152 valence electrons. The fourth-order valence-corrected chi connectivity index (χ4v) is 3.74. The SMILES string of the molecule is CCOC(=O)C1=C(C)Nc2[n-]c(=O)n(-c3ccccc3)c(=O)c2C1c1ccccc1.[K+]. The molecule has 3 aromatic rings. The van der Waals surface area contributed by atoms with Crippen LogP contribution in [0.15, 0.2) is 81.5 Å². The molecule has 0 amide bonds. The fourth-order valence-electron chi connectivity index (χ4n) is 3.74. The molecule has 1 N–H and O–H groups in total. The van der Waals surface area contributed by atoms with Crippen LogP contribution in [-0.4, -0.2) is 17.1 Å². The zero-order valence-electron chi connectivity index (χ0n) is 17.6. The Balaban J connectivity index is 0.00000272.